The van der Waals surface area contributed by atoms with Crippen LogP contribution in [-0.2, 0) is 13.6 Å². The summed E-state index contributed by atoms with van der Waals surface area (Å²) in [4.78, 5) is 24.9. The van der Waals surface area contributed by atoms with Crippen LogP contribution >= 0.6 is 11.6 Å². The Hall–Kier alpha value is -3.05. The first-order chi connectivity index (χ1) is 12.5. The Balaban J connectivity index is 1.73. The van der Waals surface area contributed by atoms with Crippen molar-refractivity contribution in [2.45, 2.75) is 6.54 Å². The lowest BCUT2D eigenvalue weighted by Gasteiger charge is -2.07. The highest BCUT2D eigenvalue weighted by molar-refractivity contribution is 6.30. The number of amides is 1. The molecule has 0 unspecified atom stereocenters. The van der Waals surface area contributed by atoms with Gasteiger partial charge in [0.25, 0.3) is 5.91 Å². The Kier molecular flexibility index (Phi) is 4.01. The highest BCUT2D eigenvalue weighted by atomic mass is 35.5. The Bertz CT molecular complexity index is 1210. The molecular weight excluding hydrogens is 352 g/mol. The number of carbonyl (C=O) groups is 1. The van der Waals surface area contributed by atoms with Crippen LogP contribution in [0.2, 0.25) is 5.02 Å². The molecule has 130 valence electrons. The minimum absolute atomic E-state index is 0.271. The van der Waals surface area contributed by atoms with Crippen LogP contribution in [0.25, 0.3) is 21.9 Å². The fourth-order valence-corrected chi connectivity index (χ4v) is 3.34. The van der Waals surface area contributed by atoms with Gasteiger partial charge < -0.3 is 14.3 Å². The molecule has 0 bridgehead atoms. The van der Waals surface area contributed by atoms with Crippen LogP contribution < -0.4 is 10.9 Å². The summed E-state index contributed by atoms with van der Waals surface area (Å²) < 4.78 is 7.07. The highest BCUT2D eigenvalue weighted by Gasteiger charge is 2.18. The van der Waals surface area contributed by atoms with Crippen LogP contribution in [0.4, 0.5) is 0 Å². The number of para-hydroxylation sites is 1. The predicted octanol–water partition coefficient (Wildman–Crippen LogP) is 3.87. The maximum Gasteiger partial charge on any atom is 0.345 e. The van der Waals surface area contributed by atoms with Crippen molar-refractivity contribution in [1.82, 2.24) is 9.88 Å². The Morgan fingerprint density at radius 2 is 1.92 bits per heavy atom. The number of nitrogens with one attached hydrogen (secondary N) is 1. The molecule has 2 aromatic carbocycles. The fraction of sp³-hybridized carbons (Fsp3) is 0.100. The van der Waals surface area contributed by atoms with Gasteiger partial charge in [0.05, 0.1) is 10.9 Å². The zero-order valence-electron chi connectivity index (χ0n) is 14.0. The third-order valence-electron chi connectivity index (χ3n) is 4.37. The van der Waals surface area contributed by atoms with E-state index in [1.54, 1.807) is 41.9 Å². The summed E-state index contributed by atoms with van der Waals surface area (Å²) in [6, 6.07) is 16.1. The maximum absolute atomic E-state index is 12.6. The molecule has 26 heavy (non-hydrogen) atoms. The van der Waals surface area contributed by atoms with Crippen molar-refractivity contribution in [1.29, 1.82) is 0 Å². The molecule has 0 aliphatic rings. The number of benzene rings is 2. The number of carbonyl (C=O) groups excluding carboxylic acids is 1. The SMILES string of the molecule is Cn1c(C(=O)NCc2cccc(Cl)c2)cc2c(=O)oc3ccccc3c21. The van der Waals surface area contributed by atoms with Crippen LogP contribution in [0.1, 0.15) is 16.1 Å². The molecular formula is C20H15ClN2O3. The smallest absolute Gasteiger partial charge is 0.345 e. The van der Waals surface area contributed by atoms with E-state index >= 15 is 0 Å². The minimum atomic E-state index is -0.455. The average molecular weight is 367 g/mol. The van der Waals surface area contributed by atoms with Crippen molar-refractivity contribution in [2.24, 2.45) is 7.05 Å². The molecule has 0 atom stereocenters. The maximum atomic E-state index is 12.6. The second kappa shape index (κ2) is 6.35. The second-order valence-corrected chi connectivity index (χ2v) is 6.49. The summed E-state index contributed by atoms with van der Waals surface area (Å²) in [5.41, 5.74) is 2.02. The van der Waals surface area contributed by atoms with E-state index in [-0.39, 0.29) is 5.91 Å². The normalized spacial score (nSPS) is 11.2. The lowest BCUT2D eigenvalue weighted by Crippen LogP contribution is -2.24. The van der Waals surface area contributed by atoms with Gasteiger partial charge in [0.1, 0.15) is 11.3 Å². The molecule has 5 nitrogen and oxygen atoms in total. The van der Waals surface area contributed by atoms with E-state index in [1.807, 2.05) is 24.3 Å². The Labute approximate surface area is 153 Å². The predicted molar refractivity (Wildman–Crippen MR) is 102 cm³/mol. The van der Waals surface area contributed by atoms with Crippen LogP contribution in [0.5, 0.6) is 0 Å². The number of fused-ring (bicyclic) bond motifs is 3. The van der Waals surface area contributed by atoms with Gasteiger partial charge in [-0.25, -0.2) is 4.79 Å². The van der Waals surface area contributed by atoms with Gasteiger partial charge in [0.15, 0.2) is 0 Å². The molecule has 0 radical (unpaired) electrons. The number of nitrogens with zero attached hydrogens (tertiary/aromatic N) is 1. The van der Waals surface area contributed by atoms with E-state index in [4.69, 9.17) is 16.0 Å². The van der Waals surface area contributed by atoms with Gasteiger partial charge in [-0.2, -0.15) is 0 Å². The van der Waals surface area contributed by atoms with Gasteiger partial charge in [0.2, 0.25) is 0 Å². The van der Waals surface area contributed by atoms with Crippen molar-refractivity contribution >= 4 is 39.4 Å². The largest absolute Gasteiger partial charge is 0.422 e. The summed E-state index contributed by atoms with van der Waals surface area (Å²) in [6.45, 7) is 0.344. The van der Waals surface area contributed by atoms with Crippen molar-refractivity contribution in [2.75, 3.05) is 0 Å². The van der Waals surface area contributed by atoms with E-state index in [9.17, 15) is 9.59 Å². The van der Waals surface area contributed by atoms with E-state index in [0.29, 0.717) is 33.7 Å². The molecule has 2 heterocycles. The summed E-state index contributed by atoms with van der Waals surface area (Å²) >= 11 is 5.97. The topological polar surface area (TPSA) is 64.2 Å². The number of aromatic nitrogens is 1. The van der Waals surface area contributed by atoms with Crippen molar-refractivity contribution < 1.29 is 9.21 Å². The van der Waals surface area contributed by atoms with Crippen LogP contribution in [0.15, 0.2) is 63.8 Å². The van der Waals surface area contributed by atoms with E-state index in [1.165, 1.54) is 0 Å². The van der Waals surface area contributed by atoms with Gasteiger partial charge in [-0.05, 0) is 35.9 Å². The molecule has 6 heteroatoms. The molecule has 2 aromatic heterocycles. The van der Waals surface area contributed by atoms with Crippen LogP contribution in [-0.4, -0.2) is 10.5 Å². The van der Waals surface area contributed by atoms with Gasteiger partial charge in [-0.3, -0.25) is 4.79 Å². The number of rotatable bonds is 3. The first-order valence-electron chi connectivity index (χ1n) is 8.08. The molecule has 0 fully saturated rings. The molecule has 4 aromatic rings. The Morgan fingerprint density at radius 1 is 1.12 bits per heavy atom. The summed E-state index contributed by atoms with van der Waals surface area (Å²) in [7, 11) is 1.77. The Morgan fingerprint density at radius 3 is 2.73 bits per heavy atom. The molecule has 1 N–H and O–H groups in total. The molecule has 0 spiro atoms. The zero-order chi connectivity index (χ0) is 18.3. The fourth-order valence-electron chi connectivity index (χ4n) is 3.13. The average Bonchev–Trinajstić information content (AvgIpc) is 2.98. The molecule has 0 saturated carbocycles. The number of halogens is 1. The van der Waals surface area contributed by atoms with Gasteiger partial charge >= 0.3 is 5.63 Å². The number of hydrogen-bond donors (Lipinski definition) is 1. The first-order valence-corrected chi connectivity index (χ1v) is 8.46. The monoisotopic (exact) mass is 366 g/mol. The number of hydrogen-bond acceptors (Lipinski definition) is 3. The molecule has 0 saturated heterocycles. The summed E-state index contributed by atoms with van der Waals surface area (Å²) in [5, 5.41) is 4.66. The van der Waals surface area contributed by atoms with E-state index < -0.39 is 5.63 Å². The van der Waals surface area contributed by atoms with Gasteiger partial charge in [0, 0.05) is 24.0 Å². The number of aryl methyl sites for hydroxylation is 1. The summed E-state index contributed by atoms with van der Waals surface area (Å²) in [5.74, 6) is -0.271. The lowest BCUT2D eigenvalue weighted by molar-refractivity contribution is 0.0943. The molecule has 0 aliphatic heterocycles. The van der Waals surface area contributed by atoms with Crippen molar-refractivity contribution in [3.63, 3.8) is 0 Å². The van der Waals surface area contributed by atoms with Crippen molar-refractivity contribution in [3.05, 3.63) is 81.3 Å². The molecule has 0 aliphatic carbocycles. The third-order valence-corrected chi connectivity index (χ3v) is 4.61. The highest BCUT2D eigenvalue weighted by Crippen LogP contribution is 2.25. The second-order valence-electron chi connectivity index (χ2n) is 6.05. The standard InChI is InChI=1S/C20H15ClN2O3/c1-23-16(19(24)22-11-12-5-4-6-13(21)9-12)10-15-18(23)14-7-2-3-8-17(14)26-20(15)25/h2-10H,11H2,1H3,(H,22,24). The van der Waals surface area contributed by atoms with Gasteiger partial charge in [-0.15, -0.1) is 0 Å². The van der Waals surface area contributed by atoms with Crippen LogP contribution in [0.3, 0.4) is 0 Å². The van der Waals surface area contributed by atoms with E-state index in [0.717, 1.165) is 10.9 Å². The first kappa shape index (κ1) is 16.4. The van der Waals surface area contributed by atoms with Gasteiger partial charge in [-0.1, -0.05) is 35.9 Å². The lowest BCUT2D eigenvalue weighted by atomic mass is 10.2. The summed E-state index contributed by atoms with van der Waals surface area (Å²) in [6.07, 6.45) is 0. The minimum Gasteiger partial charge on any atom is -0.422 e. The van der Waals surface area contributed by atoms with Crippen molar-refractivity contribution in [3.8, 4) is 0 Å². The quantitative estimate of drug-likeness (QED) is 0.560. The molecule has 4 rings (SSSR count). The van der Waals surface area contributed by atoms with Crippen LogP contribution in [0, 0.1) is 0 Å². The zero-order valence-corrected chi connectivity index (χ0v) is 14.7. The third kappa shape index (κ3) is 2.76. The van der Waals surface area contributed by atoms with E-state index in [2.05, 4.69) is 5.32 Å². The molecule has 1 amide bonds.